The maximum atomic E-state index is 12.7. The summed E-state index contributed by atoms with van der Waals surface area (Å²) in [5.41, 5.74) is 0. The van der Waals surface area contributed by atoms with Crippen molar-refractivity contribution in [2.24, 2.45) is 0 Å². The monoisotopic (exact) mass is 147 g/mol. The molecule has 0 radical (unpaired) electrons. The van der Waals surface area contributed by atoms with E-state index in [1.807, 2.05) is 0 Å². The van der Waals surface area contributed by atoms with Gasteiger partial charge in [0.15, 0.2) is 6.10 Å². The molecule has 1 saturated heterocycles. The molecule has 5 heteroatoms. The number of ether oxygens (including phenoxy) is 3. The Bertz CT molecular complexity index is 169. The van der Waals surface area contributed by atoms with Crippen LogP contribution in [0.25, 0.3) is 0 Å². The van der Waals surface area contributed by atoms with Crippen LogP contribution in [0, 0.1) is 11.3 Å². The van der Waals surface area contributed by atoms with Crippen LogP contribution in [-0.4, -0.2) is 26.0 Å². The van der Waals surface area contributed by atoms with Gasteiger partial charge < -0.3 is 4.74 Å². The second-order valence-electron chi connectivity index (χ2n) is 1.73. The lowest BCUT2D eigenvalue weighted by molar-refractivity contribution is -0.400. The molecule has 1 heterocycles. The Morgan fingerprint density at radius 1 is 1.90 bits per heavy atom. The second-order valence-corrected chi connectivity index (χ2v) is 1.73. The molecule has 2 unspecified atom stereocenters. The van der Waals surface area contributed by atoms with Crippen molar-refractivity contribution in [3.8, 4) is 6.07 Å². The summed E-state index contributed by atoms with van der Waals surface area (Å²) in [6.07, 6.45) is -3.38. The minimum atomic E-state index is -2.51. The minimum Gasteiger partial charge on any atom is -0.303 e. The molecule has 10 heavy (non-hydrogen) atoms. The number of hydrogen-bond acceptors (Lipinski definition) is 4. The summed E-state index contributed by atoms with van der Waals surface area (Å²) in [6.45, 7) is -0.0964. The van der Waals surface area contributed by atoms with E-state index in [9.17, 15) is 4.39 Å². The minimum absolute atomic E-state index is 0.0964. The highest BCUT2D eigenvalue weighted by Crippen LogP contribution is 2.24. The number of alkyl halides is 1. The quantitative estimate of drug-likeness (QED) is 0.529. The maximum Gasteiger partial charge on any atom is 0.450 e. The molecule has 1 rings (SSSR count). The molecule has 56 valence electrons. The predicted octanol–water partition coefficient (Wildman–Crippen LogP) is 0.153. The lowest BCUT2D eigenvalue weighted by atomic mass is 10.4. The molecular formula is C5H6FNO3. The molecule has 2 atom stereocenters. The third kappa shape index (κ3) is 1.24. The number of halogens is 1. The van der Waals surface area contributed by atoms with Crippen molar-refractivity contribution in [1.82, 2.24) is 0 Å². The first-order valence-electron chi connectivity index (χ1n) is 2.65. The number of hydrogen-bond donors (Lipinski definition) is 0. The van der Waals surface area contributed by atoms with E-state index in [2.05, 4.69) is 14.2 Å². The van der Waals surface area contributed by atoms with E-state index in [-0.39, 0.29) is 6.61 Å². The summed E-state index contributed by atoms with van der Waals surface area (Å²) in [7, 11) is 1.10. The number of nitriles is 1. The van der Waals surface area contributed by atoms with Gasteiger partial charge in [-0.05, 0) is 0 Å². The van der Waals surface area contributed by atoms with Gasteiger partial charge in [-0.25, -0.2) is 0 Å². The van der Waals surface area contributed by atoms with Gasteiger partial charge in [-0.2, -0.15) is 9.65 Å². The van der Waals surface area contributed by atoms with Gasteiger partial charge in [-0.3, -0.25) is 9.47 Å². The van der Waals surface area contributed by atoms with E-state index in [4.69, 9.17) is 5.26 Å². The van der Waals surface area contributed by atoms with Crippen molar-refractivity contribution in [2.75, 3.05) is 13.7 Å². The molecule has 1 aliphatic rings. The highest BCUT2D eigenvalue weighted by molar-refractivity contribution is 4.86. The largest absolute Gasteiger partial charge is 0.450 e. The summed E-state index contributed by atoms with van der Waals surface area (Å²) in [6, 6.07) is 1.69. The zero-order valence-electron chi connectivity index (χ0n) is 5.33. The topological polar surface area (TPSA) is 51.5 Å². The van der Waals surface area contributed by atoms with Gasteiger partial charge in [0.1, 0.15) is 0 Å². The van der Waals surface area contributed by atoms with Crippen molar-refractivity contribution in [3.05, 3.63) is 0 Å². The van der Waals surface area contributed by atoms with Gasteiger partial charge in [0.25, 0.3) is 0 Å². The van der Waals surface area contributed by atoms with Gasteiger partial charge >= 0.3 is 6.23 Å². The molecule has 0 amide bonds. The summed E-state index contributed by atoms with van der Waals surface area (Å²) in [4.78, 5) is 0. The number of rotatable bonds is 1. The first-order chi connectivity index (χ1) is 4.70. The van der Waals surface area contributed by atoms with Crippen LogP contribution in [0.5, 0.6) is 0 Å². The summed E-state index contributed by atoms with van der Waals surface area (Å²) in [5, 5.41) is 8.22. The third-order valence-electron chi connectivity index (χ3n) is 1.08. The summed E-state index contributed by atoms with van der Waals surface area (Å²) in [5.74, 6) is 0. The fraction of sp³-hybridized carbons (Fsp3) is 0.800. The molecule has 1 fully saturated rings. The average molecular weight is 147 g/mol. The first-order valence-corrected chi connectivity index (χ1v) is 2.65. The van der Waals surface area contributed by atoms with E-state index in [1.54, 1.807) is 6.07 Å². The second kappa shape index (κ2) is 2.50. The Labute approximate surface area is 57.1 Å². The summed E-state index contributed by atoms with van der Waals surface area (Å²) < 4.78 is 25.6. The van der Waals surface area contributed by atoms with Gasteiger partial charge in [0.2, 0.25) is 0 Å². The van der Waals surface area contributed by atoms with Crippen molar-refractivity contribution in [1.29, 1.82) is 5.26 Å². The van der Waals surface area contributed by atoms with E-state index < -0.39 is 12.3 Å². The van der Waals surface area contributed by atoms with Gasteiger partial charge in [0.05, 0.1) is 12.7 Å². The zero-order valence-corrected chi connectivity index (χ0v) is 5.33. The van der Waals surface area contributed by atoms with Gasteiger partial charge in [-0.1, -0.05) is 0 Å². The molecule has 4 nitrogen and oxygen atoms in total. The van der Waals surface area contributed by atoms with Crippen LogP contribution in [-0.2, 0) is 14.2 Å². The maximum absolute atomic E-state index is 12.7. The van der Waals surface area contributed by atoms with Crippen molar-refractivity contribution >= 4 is 0 Å². The Morgan fingerprint density at radius 3 is 2.90 bits per heavy atom. The Balaban J connectivity index is 2.51. The van der Waals surface area contributed by atoms with Gasteiger partial charge in [-0.15, -0.1) is 0 Å². The van der Waals surface area contributed by atoms with Crippen molar-refractivity contribution < 1.29 is 18.6 Å². The van der Waals surface area contributed by atoms with Crippen LogP contribution in [0.1, 0.15) is 0 Å². The van der Waals surface area contributed by atoms with Crippen LogP contribution < -0.4 is 0 Å². The van der Waals surface area contributed by atoms with Crippen LogP contribution >= 0.6 is 0 Å². The molecular weight excluding hydrogens is 141 g/mol. The van der Waals surface area contributed by atoms with E-state index >= 15 is 0 Å². The smallest absolute Gasteiger partial charge is 0.303 e. The highest BCUT2D eigenvalue weighted by Gasteiger charge is 2.43. The Hall–Kier alpha value is -0.700. The normalized spacial score (nSPS) is 39.5. The Kier molecular flexibility index (Phi) is 1.85. The van der Waals surface area contributed by atoms with Crippen LogP contribution in [0.4, 0.5) is 4.39 Å². The van der Waals surface area contributed by atoms with E-state index in [0.29, 0.717) is 0 Å². The predicted molar refractivity (Wildman–Crippen MR) is 27.3 cm³/mol. The van der Waals surface area contributed by atoms with Crippen LogP contribution in [0.3, 0.4) is 0 Å². The molecule has 0 spiro atoms. The Morgan fingerprint density at radius 2 is 2.60 bits per heavy atom. The molecule has 0 aromatic heterocycles. The summed E-state index contributed by atoms with van der Waals surface area (Å²) >= 11 is 0. The fourth-order valence-corrected chi connectivity index (χ4v) is 0.584. The van der Waals surface area contributed by atoms with Crippen molar-refractivity contribution in [3.63, 3.8) is 0 Å². The molecule has 1 aliphatic heterocycles. The molecule has 0 aromatic carbocycles. The van der Waals surface area contributed by atoms with Crippen LogP contribution in [0.2, 0.25) is 0 Å². The van der Waals surface area contributed by atoms with E-state index in [0.717, 1.165) is 7.11 Å². The highest BCUT2D eigenvalue weighted by atomic mass is 19.2. The molecule has 0 bridgehead atoms. The third-order valence-corrected chi connectivity index (χ3v) is 1.08. The molecule has 0 saturated carbocycles. The lowest BCUT2D eigenvalue weighted by Gasteiger charge is -2.12. The molecule has 0 N–H and O–H groups in total. The number of methoxy groups -OCH3 is 1. The average Bonchev–Trinajstić information content (AvgIpc) is 2.33. The molecule has 0 aromatic rings. The molecule has 0 aliphatic carbocycles. The first kappa shape index (κ1) is 7.41. The van der Waals surface area contributed by atoms with Gasteiger partial charge in [0, 0.05) is 7.11 Å². The van der Waals surface area contributed by atoms with E-state index in [1.165, 1.54) is 0 Å². The fourth-order valence-electron chi connectivity index (χ4n) is 0.584. The zero-order chi connectivity index (χ0) is 7.61. The lowest BCUT2D eigenvalue weighted by Crippen LogP contribution is -2.26. The van der Waals surface area contributed by atoms with Crippen molar-refractivity contribution in [2.45, 2.75) is 12.3 Å². The number of nitrogens with zero attached hydrogens (tertiary/aromatic N) is 1. The SMILES string of the molecule is COC1(F)OCC(C#N)O1. The van der Waals surface area contributed by atoms with Crippen LogP contribution in [0.15, 0.2) is 0 Å². The standard InChI is InChI=1S/C5H6FNO3/c1-8-5(6)9-3-4(2-7)10-5/h4H,3H2,1H3.